The Bertz CT molecular complexity index is 1660. The zero-order valence-corrected chi connectivity index (χ0v) is 26.1. The molecule has 0 aliphatic carbocycles. The second-order valence-electron chi connectivity index (χ2n) is 11.6. The molecule has 0 radical (unpaired) electrons. The molecule has 1 unspecified atom stereocenters. The van der Waals surface area contributed by atoms with Gasteiger partial charge in [-0.05, 0) is 72.2 Å². The summed E-state index contributed by atoms with van der Waals surface area (Å²) in [4.78, 5) is 27.5. The molecule has 0 spiro atoms. The van der Waals surface area contributed by atoms with Crippen LogP contribution in [0.25, 0.3) is 11.1 Å². The first-order valence-electron chi connectivity index (χ1n) is 15.4. The van der Waals surface area contributed by atoms with E-state index >= 15 is 0 Å². The van der Waals surface area contributed by atoms with E-state index in [1.807, 2.05) is 0 Å². The minimum Gasteiger partial charge on any atom is -0.494 e. The number of ether oxygens (including phenoxy) is 3. The molecule has 2 aliphatic rings. The molecule has 0 aromatic heterocycles. The highest BCUT2D eigenvalue weighted by atomic mass is 19.4. The number of aryl methyl sites for hydroxylation is 1. The number of aliphatic hydroxyl groups is 1. The molecule has 3 aromatic rings. The van der Waals surface area contributed by atoms with E-state index in [2.05, 4.69) is 5.32 Å². The molecule has 5 rings (SSSR count). The second kappa shape index (κ2) is 13.2. The van der Waals surface area contributed by atoms with E-state index in [4.69, 9.17) is 14.2 Å². The third kappa shape index (κ3) is 6.25. The third-order valence-electron chi connectivity index (χ3n) is 8.62. The van der Waals surface area contributed by atoms with E-state index in [0.29, 0.717) is 65.7 Å². The summed E-state index contributed by atoms with van der Waals surface area (Å²) in [7, 11) is 0. The Labute approximate surface area is 272 Å². The predicted molar refractivity (Wildman–Crippen MR) is 161 cm³/mol. The summed E-state index contributed by atoms with van der Waals surface area (Å²) >= 11 is 0. The van der Waals surface area contributed by atoms with Gasteiger partial charge in [0.15, 0.2) is 11.5 Å². The van der Waals surface area contributed by atoms with E-state index < -0.39 is 35.1 Å². The topological polar surface area (TPSA) is 97.3 Å². The summed E-state index contributed by atoms with van der Waals surface area (Å²) in [5.41, 5.74) is -5.86. The minimum absolute atomic E-state index is 0.0750. The lowest BCUT2D eigenvalue weighted by Crippen LogP contribution is -2.53. The van der Waals surface area contributed by atoms with Crippen LogP contribution in [0.4, 0.5) is 31.1 Å². The number of imide groups is 1. The maximum absolute atomic E-state index is 13.5. The molecular formula is C34H34F6N2O6. The Morgan fingerprint density at radius 2 is 1.65 bits per heavy atom. The van der Waals surface area contributed by atoms with Crippen LogP contribution in [0.15, 0.2) is 60.7 Å². The first-order chi connectivity index (χ1) is 22.7. The number of halogens is 6. The Kier molecular flexibility index (Phi) is 9.60. The summed E-state index contributed by atoms with van der Waals surface area (Å²) in [5.74, 6) is 1.09. The van der Waals surface area contributed by atoms with E-state index in [9.17, 15) is 41.0 Å². The van der Waals surface area contributed by atoms with Crippen molar-refractivity contribution >= 4 is 11.9 Å². The third-order valence-corrected chi connectivity index (χ3v) is 8.62. The Hall–Kier alpha value is -4.46. The molecule has 2 heterocycles. The zero-order valence-electron chi connectivity index (χ0n) is 26.1. The molecule has 2 N–H and O–H groups in total. The van der Waals surface area contributed by atoms with Crippen molar-refractivity contribution in [3.05, 3.63) is 77.4 Å². The summed E-state index contributed by atoms with van der Waals surface area (Å²) < 4.78 is 97.7. The fourth-order valence-corrected chi connectivity index (χ4v) is 6.01. The van der Waals surface area contributed by atoms with E-state index in [-0.39, 0.29) is 37.8 Å². The lowest BCUT2D eigenvalue weighted by atomic mass is 9.87. The lowest BCUT2D eigenvalue weighted by Gasteiger charge is -2.33. The van der Waals surface area contributed by atoms with Gasteiger partial charge >= 0.3 is 18.4 Å². The van der Waals surface area contributed by atoms with Crippen molar-refractivity contribution in [2.45, 2.75) is 69.4 Å². The molecule has 1 atom stereocenters. The molecule has 48 heavy (non-hydrogen) atoms. The van der Waals surface area contributed by atoms with Gasteiger partial charge in [0, 0.05) is 12.1 Å². The van der Waals surface area contributed by atoms with Crippen molar-refractivity contribution in [1.29, 1.82) is 0 Å². The number of rotatable bonds is 12. The Morgan fingerprint density at radius 1 is 0.917 bits per heavy atom. The summed E-state index contributed by atoms with van der Waals surface area (Å²) in [6, 6.07) is 13.7. The predicted octanol–water partition coefficient (Wildman–Crippen LogP) is 7.36. The van der Waals surface area contributed by atoms with Gasteiger partial charge < -0.3 is 24.6 Å². The maximum Gasteiger partial charge on any atom is 0.430 e. The number of fused-ring (bicyclic) bond motifs is 1. The van der Waals surface area contributed by atoms with Gasteiger partial charge in [-0.3, -0.25) is 9.69 Å². The standard InChI is InChI=1S/C34H34F6N2O6/c1-3-8-21-17-24(32(45,33(35,36)37)34(38,39)40)11-13-26(21)22-9-7-10-25(18-22)46-16-6-5-15-42-29(43)31(4-2,41-30(42)44)23-12-14-27-28(19-23)48-20-47-27/h7,9-14,17-19,45H,3-6,8,15-16,20H2,1-2H3,(H,41,44). The molecule has 0 saturated carbocycles. The van der Waals surface area contributed by atoms with Crippen molar-refractivity contribution in [2.75, 3.05) is 19.9 Å². The quantitative estimate of drug-likeness (QED) is 0.118. The van der Waals surface area contributed by atoms with Crippen LogP contribution in [0.3, 0.4) is 0 Å². The Morgan fingerprint density at radius 3 is 2.33 bits per heavy atom. The van der Waals surface area contributed by atoms with Gasteiger partial charge in [-0.1, -0.05) is 56.7 Å². The van der Waals surface area contributed by atoms with Crippen LogP contribution in [0.5, 0.6) is 17.2 Å². The highest BCUT2D eigenvalue weighted by Gasteiger charge is 2.71. The average Bonchev–Trinajstić information content (AvgIpc) is 3.61. The fraction of sp³-hybridized carbons (Fsp3) is 0.412. The van der Waals surface area contributed by atoms with Crippen LogP contribution in [0.2, 0.25) is 0 Å². The molecule has 2 aliphatic heterocycles. The molecule has 14 heteroatoms. The number of alkyl halides is 6. The lowest BCUT2D eigenvalue weighted by molar-refractivity contribution is -0.376. The van der Waals surface area contributed by atoms with Gasteiger partial charge in [0.25, 0.3) is 11.5 Å². The van der Waals surface area contributed by atoms with Gasteiger partial charge in [-0.25, -0.2) is 4.79 Å². The van der Waals surface area contributed by atoms with Gasteiger partial charge in [-0.15, -0.1) is 0 Å². The normalized spacial score (nSPS) is 18.0. The number of carbonyl (C=O) groups is 2. The molecule has 3 amide bonds. The molecule has 1 fully saturated rings. The van der Waals surface area contributed by atoms with Crippen LogP contribution in [0.1, 0.15) is 56.2 Å². The van der Waals surface area contributed by atoms with Gasteiger partial charge in [-0.2, -0.15) is 26.3 Å². The molecule has 3 aromatic carbocycles. The van der Waals surface area contributed by atoms with E-state index in [1.165, 1.54) is 4.90 Å². The minimum atomic E-state index is -5.98. The van der Waals surface area contributed by atoms with Crippen LogP contribution in [-0.4, -0.2) is 54.2 Å². The van der Waals surface area contributed by atoms with Crippen molar-refractivity contribution in [3.63, 3.8) is 0 Å². The molecule has 258 valence electrons. The van der Waals surface area contributed by atoms with E-state index in [1.54, 1.807) is 56.3 Å². The number of amides is 3. The second-order valence-corrected chi connectivity index (χ2v) is 11.6. The SMILES string of the molecule is CCCc1cc(C(O)(C(F)(F)F)C(F)(F)F)ccc1-c1cccc(OCCCCN2C(=O)NC(CC)(c3ccc4c(c3)OCO4)C2=O)c1. The van der Waals surface area contributed by atoms with Crippen LogP contribution in [-0.2, 0) is 22.4 Å². The number of hydrogen-bond acceptors (Lipinski definition) is 6. The molecule has 0 bridgehead atoms. The molecule has 1 saturated heterocycles. The number of benzene rings is 3. The monoisotopic (exact) mass is 680 g/mol. The number of urea groups is 1. The van der Waals surface area contributed by atoms with Crippen molar-refractivity contribution in [3.8, 4) is 28.4 Å². The number of nitrogens with one attached hydrogen (secondary N) is 1. The van der Waals surface area contributed by atoms with Crippen molar-refractivity contribution < 1.29 is 55.2 Å². The van der Waals surface area contributed by atoms with Gasteiger partial charge in [0.05, 0.1) is 6.61 Å². The average molecular weight is 681 g/mol. The number of unbranched alkanes of at least 4 members (excludes halogenated alkanes) is 1. The first-order valence-corrected chi connectivity index (χ1v) is 15.4. The first kappa shape index (κ1) is 34.9. The highest BCUT2D eigenvalue weighted by Crippen LogP contribution is 2.50. The summed E-state index contributed by atoms with van der Waals surface area (Å²) in [6.45, 7) is 3.97. The van der Waals surface area contributed by atoms with Gasteiger partial charge in [0.1, 0.15) is 11.3 Å². The van der Waals surface area contributed by atoms with Crippen LogP contribution in [0, 0.1) is 0 Å². The van der Waals surface area contributed by atoms with Crippen LogP contribution >= 0.6 is 0 Å². The largest absolute Gasteiger partial charge is 0.494 e. The number of nitrogens with zero attached hydrogens (tertiary/aromatic N) is 1. The van der Waals surface area contributed by atoms with Crippen molar-refractivity contribution in [2.24, 2.45) is 0 Å². The summed E-state index contributed by atoms with van der Waals surface area (Å²) in [5, 5.41) is 12.7. The Balaban J connectivity index is 1.23. The van der Waals surface area contributed by atoms with Gasteiger partial charge in [0.2, 0.25) is 6.79 Å². The molecular weight excluding hydrogens is 646 g/mol. The number of hydrogen-bond donors (Lipinski definition) is 2. The number of carbonyl (C=O) groups excluding carboxylic acids is 2. The zero-order chi connectivity index (χ0) is 34.9. The van der Waals surface area contributed by atoms with E-state index in [0.717, 1.165) is 12.1 Å². The highest BCUT2D eigenvalue weighted by molar-refractivity contribution is 6.07. The van der Waals surface area contributed by atoms with Crippen molar-refractivity contribution in [1.82, 2.24) is 10.2 Å². The maximum atomic E-state index is 13.5. The molecule has 8 nitrogen and oxygen atoms in total. The summed E-state index contributed by atoms with van der Waals surface area (Å²) in [6.07, 6.45) is -10.2. The fourth-order valence-electron chi connectivity index (χ4n) is 6.01. The van der Waals surface area contributed by atoms with Crippen LogP contribution < -0.4 is 19.5 Å². The smallest absolute Gasteiger partial charge is 0.430 e.